The van der Waals surface area contributed by atoms with E-state index in [-0.39, 0.29) is 0 Å². The standard InChI is InChI=1S/C9H13ClN4.2C2H6/c1-13-4-6-14(7-5-13)9-3-2-8(10)11-12-9;2*1-2/h2-3H,4-7H2,1H3;2*1-2H3. The highest BCUT2D eigenvalue weighted by Gasteiger charge is 2.15. The molecule has 1 aliphatic rings. The van der Waals surface area contributed by atoms with Crippen molar-refractivity contribution in [2.75, 3.05) is 38.1 Å². The fraction of sp³-hybridized carbons (Fsp3) is 0.692. The van der Waals surface area contributed by atoms with Crippen LogP contribution in [0.15, 0.2) is 12.1 Å². The van der Waals surface area contributed by atoms with Crippen LogP contribution in [0.5, 0.6) is 0 Å². The summed E-state index contributed by atoms with van der Waals surface area (Å²) in [4.78, 5) is 4.53. The van der Waals surface area contributed by atoms with E-state index in [0.717, 1.165) is 32.0 Å². The van der Waals surface area contributed by atoms with Crippen molar-refractivity contribution >= 4 is 17.4 Å². The minimum absolute atomic E-state index is 0.447. The minimum Gasteiger partial charge on any atom is -0.353 e. The van der Waals surface area contributed by atoms with Gasteiger partial charge in [0, 0.05) is 26.2 Å². The van der Waals surface area contributed by atoms with E-state index in [2.05, 4.69) is 27.0 Å². The molecule has 0 radical (unpaired) electrons. The van der Waals surface area contributed by atoms with Gasteiger partial charge in [0.15, 0.2) is 11.0 Å². The zero-order valence-corrected chi connectivity index (χ0v) is 12.9. The predicted octanol–water partition coefficient (Wildman–Crippen LogP) is 2.93. The van der Waals surface area contributed by atoms with E-state index in [0.29, 0.717) is 5.15 Å². The van der Waals surface area contributed by atoms with E-state index in [4.69, 9.17) is 11.6 Å². The van der Waals surface area contributed by atoms with Crippen LogP contribution in [-0.2, 0) is 0 Å². The SMILES string of the molecule is CC.CC.CN1CCN(c2ccc(Cl)nn2)CC1. The van der Waals surface area contributed by atoms with Crippen molar-refractivity contribution in [1.82, 2.24) is 15.1 Å². The molecule has 1 aliphatic heterocycles. The Morgan fingerprint density at radius 1 is 0.944 bits per heavy atom. The summed E-state index contributed by atoms with van der Waals surface area (Å²) in [6.45, 7) is 12.2. The molecular formula is C13H25ClN4. The molecule has 0 aliphatic carbocycles. The van der Waals surface area contributed by atoms with E-state index in [1.54, 1.807) is 6.07 Å². The second-order valence-corrected chi connectivity index (χ2v) is 3.89. The van der Waals surface area contributed by atoms with Gasteiger partial charge in [0.25, 0.3) is 0 Å². The first-order chi connectivity index (χ1) is 8.75. The molecule has 0 atom stereocenters. The Bertz CT molecular complexity index is 294. The lowest BCUT2D eigenvalue weighted by molar-refractivity contribution is 0.312. The average molecular weight is 273 g/mol. The number of rotatable bonds is 1. The highest BCUT2D eigenvalue weighted by atomic mass is 35.5. The third-order valence-electron chi connectivity index (χ3n) is 2.45. The highest BCUT2D eigenvalue weighted by Crippen LogP contribution is 2.13. The highest BCUT2D eigenvalue weighted by molar-refractivity contribution is 6.29. The van der Waals surface area contributed by atoms with E-state index in [1.165, 1.54) is 0 Å². The van der Waals surface area contributed by atoms with Crippen molar-refractivity contribution in [3.8, 4) is 0 Å². The smallest absolute Gasteiger partial charge is 0.151 e. The maximum atomic E-state index is 5.67. The third-order valence-corrected chi connectivity index (χ3v) is 2.65. The lowest BCUT2D eigenvalue weighted by atomic mass is 10.3. The summed E-state index contributed by atoms with van der Waals surface area (Å²) in [5.74, 6) is 0.919. The van der Waals surface area contributed by atoms with Crippen molar-refractivity contribution in [2.45, 2.75) is 27.7 Å². The molecule has 0 bridgehead atoms. The number of hydrogen-bond acceptors (Lipinski definition) is 4. The van der Waals surface area contributed by atoms with Crippen molar-refractivity contribution in [2.24, 2.45) is 0 Å². The number of aromatic nitrogens is 2. The molecule has 1 fully saturated rings. The number of hydrogen-bond donors (Lipinski definition) is 0. The monoisotopic (exact) mass is 272 g/mol. The number of likely N-dealkylation sites (N-methyl/N-ethyl adjacent to an activating group) is 1. The topological polar surface area (TPSA) is 32.3 Å². The zero-order chi connectivity index (χ0) is 14.0. The molecule has 2 heterocycles. The number of anilines is 1. The molecule has 0 saturated carbocycles. The van der Waals surface area contributed by atoms with Crippen LogP contribution in [0.2, 0.25) is 5.15 Å². The van der Waals surface area contributed by atoms with Gasteiger partial charge >= 0.3 is 0 Å². The number of nitrogens with zero attached hydrogens (tertiary/aromatic N) is 4. The van der Waals surface area contributed by atoms with Crippen LogP contribution in [0.3, 0.4) is 0 Å². The second-order valence-electron chi connectivity index (χ2n) is 3.50. The molecule has 104 valence electrons. The molecule has 1 aromatic rings. The lowest BCUT2D eigenvalue weighted by Crippen LogP contribution is -2.44. The molecule has 5 heteroatoms. The van der Waals surface area contributed by atoms with E-state index >= 15 is 0 Å². The van der Waals surface area contributed by atoms with Crippen molar-refractivity contribution < 1.29 is 0 Å². The van der Waals surface area contributed by atoms with Gasteiger partial charge in [-0.25, -0.2) is 0 Å². The van der Waals surface area contributed by atoms with Crippen molar-refractivity contribution in [3.63, 3.8) is 0 Å². The molecule has 1 saturated heterocycles. The fourth-order valence-corrected chi connectivity index (χ4v) is 1.61. The van der Waals surface area contributed by atoms with Crippen LogP contribution in [-0.4, -0.2) is 48.3 Å². The third kappa shape index (κ3) is 5.65. The van der Waals surface area contributed by atoms with Crippen LogP contribution in [0.1, 0.15) is 27.7 Å². The van der Waals surface area contributed by atoms with Crippen LogP contribution < -0.4 is 4.90 Å². The number of halogens is 1. The second kappa shape index (κ2) is 10.1. The summed E-state index contributed by atoms with van der Waals surface area (Å²) in [5, 5.41) is 8.33. The van der Waals surface area contributed by atoms with Gasteiger partial charge in [0.05, 0.1) is 0 Å². The van der Waals surface area contributed by atoms with E-state index in [1.807, 2.05) is 33.8 Å². The van der Waals surface area contributed by atoms with Gasteiger partial charge in [-0.3, -0.25) is 0 Å². The Labute approximate surface area is 116 Å². The summed E-state index contributed by atoms with van der Waals surface area (Å²) < 4.78 is 0. The summed E-state index contributed by atoms with van der Waals surface area (Å²) in [5.41, 5.74) is 0. The molecule has 0 unspecified atom stereocenters. The average Bonchev–Trinajstić information content (AvgIpc) is 2.45. The zero-order valence-electron chi connectivity index (χ0n) is 12.1. The van der Waals surface area contributed by atoms with Gasteiger partial charge in [-0.15, -0.1) is 10.2 Å². The largest absolute Gasteiger partial charge is 0.353 e. The Kier molecular flexibility index (Phi) is 9.60. The molecule has 0 amide bonds. The normalized spacial score (nSPS) is 15.1. The van der Waals surface area contributed by atoms with Gasteiger partial charge in [-0.05, 0) is 19.2 Å². The van der Waals surface area contributed by atoms with Crippen LogP contribution in [0.4, 0.5) is 5.82 Å². The van der Waals surface area contributed by atoms with Crippen LogP contribution in [0, 0.1) is 0 Å². The van der Waals surface area contributed by atoms with Gasteiger partial charge in [0.1, 0.15) is 0 Å². The lowest BCUT2D eigenvalue weighted by Gasteiger charge is -2.32. The molecule has 1 aromatic heterocycles. The molecule has 18 heavy (non-hydrogen) atoms. The molecule has 4 nitrogen and oxygen atoms in total. The predicted molar refractivity (Wildman–Crippen MR) is 79.4 cm³/mol. The summed E-state index contributed by atoms with van der Waals surface area (Å²) in [7, 11) is 2.13. The first-order valence-electron chi connectivity index (χ1n) is 6.68. The molecule has 2 rings (SSSR count). The van der Waals surface area contributed by atoms with Crippen molar-refractivity contribution in [3.05, 3.63) is 17.3 Å². The summed E-state index contributed by atoms with van der Waals surface area (Å²) in [6, 6.07) is 3.70. The Morgan fingerprint density at radius 2 is 1.50 bits per heavy atom. The summed E-state index contributed by atoms with van der Waals surface area (Å²) >= 11 is 5.67. The maximum absolute atomic E-state index is 5.67. The Hall–Kier alpha value is -0.870. The Morgan fingerprint density at radius 3 is 1.94 bits per heavy atom. The summed E-state index contributed by atoms with van der Waals surface area (Å²) in [6.07, 6.45) is 0. The fourth-order valence-electron chi connectivity index (χ4n) is 1.51. The molecule has 0 N–H and O–H groups in total. The van der Waals surface area contributed by atoms with E-state index < -0.39 is 0 Å². The van der Waals surface area contributed by atoms with Gasteiger partial charge in [-0.1, -0.05) is 39.3 Å². The van der Waals surface area contributed by atoms with Crippen LogP contribution in [0.25, 0.3) is 0 Å². The molecule has 0 aromatic carbocycles. The first-order valence-corrected chi connectivity index (χ1v) is 7.06. The number of piperazine rings is 1. The van der Waals surface area contributed by atoms with E-state index in [9.17, 15) is 0 Å². The minimum atomic E-state index is 0.447. The first kappa shape index (κ1) is 17.1. The van der Waals surface area contributed by atoms with Gasteiger partial charge in [-0.2, -0.15) is 0 Å². The Balaban J connectivity index is 0.000000659. The van der Waals surface area contributed by atoms with Gasteiger partial charge in [0.2, 0.25) is 0 Å². The quantitative estimate of drug-likeness (QED) is 0.787. The van der Waals surface area contributed by atoms with Crippen LogP contribution >= 0.6 is 11.6 Å². The van der Waals surface area contributed by atoms with Crippen molar-refractivity contribution in [1.29, 1.82) is 0 Å². The maximum Gasteiger partial charge on any atom is 0.151 e. The molecular weight excluding hydrogens is 248 g/mol. The molecule has 0 spiro atoms. The van der Waals surface area contributed by atoms with Gasteiger partial charge < -0.3 is 9.80 Å².